The first-order chi connectivity index (χ1) is 13.0. The van der Waals surface area contributed by atoms with E-state index in [1.54, 1.807) is 6.20 Å². The highest BCUT2D eigenvalue weighted by Gasteiger charge is 2.21. The summed E-state index contributed by atoms with van der Waals surface area (Å²) in [5, 5.41) is 15.4. The number of benzene rings is 2. The van der Waals surface area contributed by atoms with Crippen LogP contribution in [0.25, 0.3) is 11.1 Å². The minimum absolute atomic E-state index is 0.0603. The van der Waals surface area contributed by atoms with E-state index < -0.39 is 16.6 Å². The molecule has 1 aliphatic heterocycles. The van der Waals surface area contributed by atoms with Gasteiger partial charge in [0.15, 0.2) is 6.79 Å². The number of halogens is 2. The average molecular weight is 373 g/mol. The van der Waals surface area contributed by atoms with E-state index in [1.807, 2.05) is 0 Å². The Morgan fingerprint density at radius 2 is 1.93 bits per heavy atom. The van der Waals surface area contributed by atoms with E-state index in [1.165, 1.54) is 35.1 Å². The van der Waals surface area contributed by atoms with Crippen LogP contribution in [0.4, 0.5) is 14.5 Å². The predicted molar refractivity (Wildman–Crippen MR) is 90.1 cm³/mol. The summed E-state index contributed by atoms with van der Waals surface area (Å²) < 4.78 is 39.0. The van der Waals surface area contributed by atoms with Gasteiger partial charge in [-0.15, -0.1) is 0 Å². The molecular weight excluding hydrogens is 360 g/mol. The van der Waals surface area contributed by atoms with Crippen molar-refractivity contribution in [1.82, 2.24) is 9.78 Å². The van der Waals surface area contributed by atoms with Gasteiger partial charge in [0.2, 0.25) is 0 Å². The zero-order valence-electron chi connectivity index (χ0n) is 13.9. The van der Waals surface area contributed by atoms with Crippen LogP contribution in [0.3, 0.4) is 0 Å². The molecule has 1 aliphatic rings. The highest BCUT2D eigenvalue weighted by atomic mass is 19.1. The molecule has 0 saturated heterocycles. The van der Waals surface area contributed by atoms with Gasteiger partial charge in [0.25, 0.3) is 5.69 Å². The number of nitro groups is 1. The van der Waals surface area contributed by atoms with Crippen molar-refractivity contribution >= 4 is 5.69 Å². The average Bonchev–Trinajstić information content (AvgIpc) is 3.09. The van der Waals surface area contributed by atoms with E-state index in [0.29, 0.717) is 28.0 Å². The molecule has 0 saturated carbocycles. The highest BCUT2D eigenvalue weighted by molar-refractivity contribution is 5.61. The van der Waals surface area contributed by atoms with E-state index in [9.17, 15) is 18.9 Å². The number of hydrogen-bond donors (Lipinski definition) is 0. The number of aromatic nitrogens is 2. The van der Waals surface area contributed by atoms with Crippen molar-refractivity contribution in [3.05, 3.63) is 75.6 Å². The van der Waals surface area contributed by atoms with Gasteiger partial charge < -0.3 is 9.47 Å². The summed E-state index contributed by atoms with van der Waals surface area (Å²) in [4.78, 5) is 10.7. The van der Waals surface area contributed by atoms with E-state index in [-0.39, 0.29) is 25.6 Å². The van der Waals surface area contributed by atoms with Crippen molar-refractivity contribution in [3.63, 3.8) is 0 Å². The molecule has 1 aromatic heterocycles. The lowest BCUT2D eigenvalue weighted by Gasteiger charge is -2.20. The maximum absolute atomic E-state index is 13.4. The Kier molecular flexibility index (Phi) is 4.28. The second-order valence-electron chi connectivity index (χ2n) is 6.05. The first kappa shape index (κ1) is 17.1. The first-order valence-corrected chi connectivity index (χ1v) is 7.99. The monoisotopic (exact) mass is 373 g/mol. The van der Waals surface area contributed by atoms with Gasteiger partial charge in [0, 0.05) is 41.1 Å². The lowest BCUT2D eigenvalue weighted by Crippen LogP contribution is -2.15. The number of nitro benzene ring substituents is 1. The Morgan fingerprint density at radius 3 is 2.67 bits per heavy atom. The van der Waals surface area contributed by atoms with Gasteiger partial charge in [-0.1, -0.05) is 0 Å². The number of fused-ring (bicyclic) bond motifs is 1. The fourth-order valence-electron chi connectivity index (χ4n) is 3.00. The van der Waals surface area contributed by atoms with Crippen molar-refractivity contribution in [3.8, 4) is 16.9 Å². The molecule has 0 spiro atoms. The van der Waals surface area contributed by atoms with Crippen LogP contribution in [0, 0.1) is 21.7 Å². The second kappa shape index (κ2) is 6.76. The SMILES string of the molecule is O=[N+]([O-])c1cc2c(c(Cn3cc(-c4cc(F)cc(F)c4)cn3)c1)OCOC2. The second-order valence-corrected chi connectivity index (χ2v) is 6.05. The molecule has 0 atom stereocenters. The van der Waals surface area contributed by atoms with Crippen LogP contribution in [-0.4, -0.2) is 21.5 Å². The molecule has 9 heteroatoms. The van der Waals surface area contributed by atoms with Crippen LogP contribution >= 0.6 is 0 Å². The molecule has 7 nitrogen and oxygen atoms in total. The summed E-state index contributed by atoms with van der Waals surface area (Å²) in [7, 11) is 0. The molecule has 0 fully saturated rings. The van der Waals surface area contributed by atoms with Crippen LogP contribution in [0.15, 0.2) is 42.7 Å². The Balaban J connectivity index is 1.68. The topological polar surface area (TPSA) is 79.4 Å². The zero-order chi connectivity index (χ0) is 19.0. The lowest BCUT2D eigenvalue weighted by molar-refractivity contribution is -0.385. The van der Waals surface area contributed by atoms with Crippen molar-refractivity contribution < 1.29 is 23.2 Å². The number of nitrogens with zero attached hydrogens (tertiary/aromatic N) is 3. The largest absolute Gasteiger partial charge is 0.467 e. The standard InChI is InChI=1S/C18H13F2N3O4/c19-15-1-11(2-16(20)5-15)14-6-21-22(8-14)7-12-3-17(23(24)25)4-13-9-26-10-27-18(12)13/h1-6,8H,7,9-10H2. The van der Waals surface area contributed by atoms with Gasteiger partial charge in [-0.2, -0.15) is 5.10 Å². The number of non-ortho nitro benzene ring substituents is 1. The summed E-state index contributed by atoms with van der Waals surface area (Å²) in [5.74, 6) is -0.835. The van der Waals surface area contributed by atoms with Gasteiger partial charge in [-0.3, -0.25) is 14.8 Å². The van der Waals surface area contributed by atoms with Gasteiger partial charge in [-0.25, -0.2) is 8.78 Å². The zero-order valence-corrected chi connectivity index (χ0v) is 13.9. The van der Waals surface area contributed by atoms with Crippen molar-refractivity contribution in [2.24, 2.45) is 0 Å². The maximum Gasteiger partial charge on any atom is 0.270 e. The third-order valence-electron chi connectivity index (χ3n) is 4.14. The van der Waals surface area contributed by atoms with Gasteiger partial charge >= 0.3 is 0 Å². The van der Waals surface area contributed by atoms with E-state index in [4.69, 9.17) is 9.47 Å². The Labute approximate surface area is 151 Å². The third-order valence-corrected chi connectivity index (χ3v) is 4.14. The van der Waals surface area contributed by atoms with Crippen molar-refractivity contribution in [1.29, 1.82) is 0 Å². The Bertz CT molecular complexity index is 1020. The third kappa shape index (κ3) is 3.49. The van der Waals surface area contributed by atoms with Crippen molar-refractivity contribution in [2.75, 3.05) is 6.79 Å². The summed E-state index contributed by atoms with van der Waals surface area (Å²) in [6.45, 7) is 0.476. The van der Waals surface area contributed by atoms with Crippen LogP contribution < -0.4 is 4.74 Å². The molecule has 4 rings (SSSR count). The summed E-state index contributed by atoms with van der Waals surface area (Å²) in [6, 6.07) is 6.05. The molecular formula is C18H13F2N3O4. The summed E-state index contributed by atoms with van der Waals surface area (Å²) in [6.07, 6.45) is 3.08. The normalized spacial score (nSPS) is 13.1. The van der Waals surface area contributed by atoms with Gasteiger partial charge in [0.1, 0.15) is 17.4 Å². The fraction of sp³-hybridized carbons (Fsp3) is 0.167. The predicted octanol–water partition coefficient (Wildman–Crippen LogP) is 3.65. The Hall–Kier alpha value is -3.33. The number of ether oxygens (including phenoxy) is 2. The molecule has 0 amide bonds. The number of hydrogen-bond acceptors (Lipinski definition) is 5. The molecule has 0 unspecified atom stereocenters. The van der Waals surface area contributed by atoms with E-state index in [2.05, 4.69) is 5.10 Å². The highest BCUT2D eigenvalue weighted by Crippen LogP contribution is 2.33. The smallest absolute Gasteiger partial charge is 0.270 e. The molecule has 0 radical (unpaired) electrons. The van der Waals surface area contributed by atoms with E-state index in [0.717, 1.165) is 6.07 Å². The van der Waals surface area contributed by atoms with Crippen LogP contribution in [0.5, 0.6) is 5.75 Å². The molecule has 2 aromatic carbocycles. The van der Waals surface area contributed by atoms with E-state index >= 15 is 0 Å². The van der Waals surface area contributed by atoms with Crippen molar-refractivity contribution in [2.45, 2.75) is 13.2 Å². The molecule has 27 heavy (non-hydrogen) atoms. The summed E-state index contributed by atoms with van der Waals surface area (Å²) in [5.41, 5.74) is 1.96. The van der Waals surface area contributed by atoms with Crippen LogP contribution in [0.2, 0.25) is 0 Å². The Morgan fingerprint density at radius 1 is 1.15 bits per heavy atom. The molecule has 0 bridgehead atoms. The van der Waals surface area contributed by atoms with Crippen LogP contribution in [-0.2, 0) is 17.9 Å². The minimum atomic E-state index is -0.682. The van der Waals surface area contributed by atoms with Gasteiger partial charge in [0.05, 0.1) is 24.3 Å². The molecule has 138 valence electrons. The van der Waals surface area contributed by atoms with Crippen LogP contribution in [0.1, 0.15) is 11.1 Å². The maximum atomic E-state index is 13.4. The number of rotatable bonds is 4. The quantitative estimate of drug-likeness (QED) is 0.515. The fourth-order valence-corrected chi connectivity index (χ4v) is 3.00. The van der Waals surface area contributed by atoms with Gasteiger partial charge in [-0.05, 0) is 17.7 Å². The molecule has 2 heterocycles. The molecule has 0 aliphatic carbocycles. The first-order valence-electron chi connectivity index (χ1n) is 7.99. The summed E-state index contributed by atoms with van der Waals surface area (Å²) >= 11 is 0. The lowest BCUT2D eigenvalue weighted by atomic mass is 10.1. The molecule has 0 N–H and O–H groups in total. The molecule has 3 aromatic rings. The minimum Gasteiger partial charge on any atom is -0.467 e.